The number of carbonyl (C=O) groups is 2. The molecule has 32 heavy (non-hydrogen) atoms. The van der Waals surface area contributed by atoms with Crippen LogP contribution in [0.25, 0.3) is 0 Å². The standard InChI is InChI=1S/C28H52O4/c1-3-5-7-8-9-10-11-12-13-14-15-16-17-18-22-26-32-28(30)24-20-19-23-27(29)31-25-21-6-4-2/h4H,2-3,5-26H2,1H3. The van der Waals surface area contributed by atoms with Crippen LogP contribution in [0.2, 0.25) is 0 Å². The lowest BCUT2D eigenvalue weighted by Crippen LogP contribution is -2.08. The molecule has 0 aromatic heterocycles. The molecule has 188 valence electrons. The Labute approximate surface area is 198 Å². The van der Waals surface area contributed by atoms with Crippen LogP contribution in [0, 0.1) is 0 Å². The highest BCUT2D eigenvalue weighted by atomic mass is 16.5. The Hall–Kier alpha value is -1.32. The lowest BCUT2D eigenvalue weighted by atomic mass is 10.0. The van der Waals surface area contributed by atoms with Crippen LogP contribution >= 0.6 is 0 Å². The lowest BCUT2D eigenvalue weighted by molar-refractivity contribution is -0.146. The molecule has 0 fully saturated rings. The summed E-state index contributed by atoms with van der Waals surface area (Å²) in [5, 5.41) is 0. The summed E-state index contributed by atoms with van der Waals surface area (Å²) in [5.41, 5.74) is 0. The molecule has 4 heteroatoms. The molecule has 0 atom stereocenters. The van der Waals surface area contributed by atoms with E-state index in [4.69, 9.17) is 9.47 Å². The Morgan fingerprint density at radius 1 is 0.562 bits per heavy atom. The van der Waals surface area contributed by atoms with Crippen molar-refractivity contribution in [2.45, 2.75) is 142 Å². The van der Waals surface area contributed by atoms with Crippen molar-refractivity contribution in [2.24, 2.45) is 0 Å². The number of unbranched alkanes of at least 4 members (excludes halogenated alkanes) is 16. The number of rotatable bonds is 25. The number of carbonyl (C=O) groups excluding carboxylic acids is 2. The second-order valence-corrected chi connectivity index (χ2v) is 9.03. The second-order valence-electron chi connectivity index (χ2n) is 9.03. The molecule has 0 aliphatic heterocycles. The van der Waals surface area contributed by atoms with Crippen molar-refractivity contribution in [1.29, 1.82) is 0 Å². The third-order valence-electron chi connectivity index (χ3n) is 5.84. The average molecular weight is 453 g/mol. The highest BCUT2D eigenvalue weighted by Crippen LogP contribution is 2.13. The van der Waals surface area contributed by atoms with Crippen molar-refractivity contribution in [2.75, 3.05) is 13.2 Å². The maximum atomic E-state index is 11.7. The van der Waals surface area contributed by atoms with Gasteiger partial charge in [-0.2, -0.15) is 0 Å². The van der Waals surface area contributed by atoms with Gasteiger partial charge >= 0.3 is 11.9 Å². The van der Waals surface area contributed by atoms with Gasteiger partial charge in [-0.15, -0.1) is 6.58 Å². The highest BCUT2D eigenvalue weighted by Gasteiger charge is 2.06. The molecule has 0 rings (SSSR count). The Morgan fingerprint density at radius 2 is 0.938 bits per heavy atom. The summed E-state index contributed by atoms with van der Waals surface area (Å²) in [6.07, 6.45) is 25.6. The largest absolute Gasteiger partial charge is 0.466 e. The van der Waals surface area contributed by atoms with Crippen molar-refractivity contribution in [1.82, 2.24) is 0 Å². The van der Waals surface area contributed by atoms with E-state index >= 15 is 0 Å². The molecule has 0 spiro atoms. The normalized spacial score (nSPS) is 10.8. The molecule has 4 nitrogen and oxygen atoms in total. The van der Waals surface area contributed by atoms with Crippen molar-refractivity contribution in [3.05, 3.63) is 12.7 Å². The minimum absolute atomic E-state index is 0.144. The first-order valence-corrected chi connectivity index (χ1v) is 13.6. The summed E-state index contributed by atoms with van der Waals surface area (Å²) in [4.78, 5) is 23.3. The van der Waals surface area contributed by atoms with E-state index in [0.29, 0.717) is 38.9 Å². The predicted molar refractivity (Wildman–Crippen MR) is 135 cm³/mol. The molecule has 0 radical (unpaired) electrons. The monoisotopic (exact) mass is 452 g/mol. The van der Waals surface area contributed by atoms with Gasteiger partial charge in [0.15, 0.2) is 0 Å². The molecule has 0 amide bonds. The first-order valence-electron chi connectivity index (χ1n) is 13.6. The molecule has 0 aliphatic rings. The van der Waals surface area contributed by atoms with Gasteiger partial charge in [0.2, 0.25) is 0 Å². The van der Waals surface area contributed by atoms with Crippen LogP contribution in [-0.2, 0) is 19.1 Å². The minimum Gasteiger partial charge on any atom is -0.466 e. The maximum absolute atomic E-state index is 11.7. The van der Waals surface area contributed by atoms with Gasteiger partial charge in [-0.25, -0.2) is 0 Å². The molecule has 0 aliphatic carbocycles. The number of esters is 2. The minimum atomic E-state index is -0.180. The van der Waals surface area contributed by atoms with Crippen LogP contribution < -0.4 is 0 Å². The summed E-state index contributed by atoms with van der Waals surface area (Å²) >= 11 is 0. The highest BCUT2D eigenvalue weighted by molar-refractivity contribution is 5.70. The van der Waals surface area contributed by atoms with Gasteiger partial charge in [0, 0.05) is 12.8 Å². The van der Waals surface area contributed by atoms with Crippen LogP contribution in [0.3, 0.4) is 0 Å². The van der Waals surface area contributed by atoms with E-state index in [0.717, 1.165) is 25.7 Å². The summed E-state index contributed by atoms with van der Waals surface area (Å²) in [6.45, 7) is 6.89. The zero-order chi connectivity index (χ0) is 23.5. The molecular formula is C28H52O4. The Balaban J connectivity index is 3.23. The second kappa shape index (κ2) is 25.9. The van der Waals surface area contributed by atoms with E-state index < -0.39 is 0 Å². The summed E-state index contributed by atoms with van der Waals surface area (Å²) < 4.78 is 10.4. The fourth-order valence-corrected chi connectivity index (χ4v) is 3.76. The molecule has 0 aromatic carbocycles. The van der Waals surface area contributed by atoms with Crippen molar-refractivity contribution < 1.29 is 19.1 Å². The van der Waals surface area contributed by atoms with E-state index in [1.165, 1.54) is 83.5 Å². The maximum Gasteiger partial charge on any atom is 0.305 e. The van der Waals surface area contributed by atoms with E-state index in [1.807, 2.05) is 6.08 Å². The first kappa shape index (κ1) is 30.7. The fourth-order valence-electron chi connectivity index (χ4n) is 3.76. The molecular weight excluding hydrogens is 400 g/mol. The Morgan fingerprint density at radius 3 is 1.34 bits per heavy atom. The van der Waals surface area contributed by atoms with Gasteiger partial charge in [-0.3, -0.25) is 9.59 Å². The Kier molecular flexibility index (Phi) is 24.9. The number of hydrogen-bond donors (Lipinski definition) is 0. The molecule has 0 heterocycles. The first-order chi connectivity index (χ1) is 15.7. The molecule has 0 saturated carbocycles. The molecule has 0 N–H and O–H groups in total. The van der Waals surface area contributed by atoms with Crippen LogP contribution in [-0.4, -0.2) is 25.2 Å². The number of ether oxygens (including phenoxy) is 2. The smallest absolute Gasteiger partial charge is 0.305 e. The third kappa shape index (κ3) is 24.9. The average Bonchev–Trinajstić information content (AvgIpc) is 2.79. The van der Waals surface area contributed by atoms with Crippen LogP contribution in [0.4, 0.5) is 0 Å². The van der Waals surface area contributed by atoms with Gasteiger partial charge < -0.3 is 9.47 Å². The van der Waals surface area contributed by atoms with Gasteiger partial charge in [0.1, 0.15) is 0 Å². The Bertz CT molecular complexity index is 433. The van der Waals surface area contributed by atoms with Crippen LogP contribution in [0.15, 0.2) is 12.7 Å². The summed E-state index contributed by atoms with van der Waals surface area (Å²) in [7, 11) is 0. The SMILES string of the molecule is C=CCCCOC(=O)CCCCC(=O)OCCCCCCCCCCCCCCCCC. The molecule has 0 aromatic rings. The van der Waals surface area contributed by atoms with E-state index in [-0.39, 0.29) is 11.9 Å². The number of allylic oxidation sites excluding steroid dienone is 1. The van der Waals surface area contributed by atoms with Gasteiger partial charge in [0.25, 0.3) is 0 Å². The van der Waals surface area contributed by atoms with Crippen LogP contribution in [0.1, 0.15) is 142 Å². The zero-order valence-electron chi connectivity index (χ0n) is 21.2. The zero-order valence-corrected chi connectivity index (χ0v) is 21.2. The third-order valence-corrected chi connectivity index (χ3v) is 5.84. The van der Waals surface area contributed by atoms with Crippen molar-refractivity contribution in [3.63, 3.8) is 0 Å². The van der Waals surface area contributed by atoms with E-state index in [9.17, 15) is 9.59 Å². The quantitative estimate of drug-likeness (QED) is 0.0791. The van der Waals surface area contributed by atoms with Crippen LogP contribution in [0.5, 0.6) is 0 Å². The van der Waals surface area contributed by atoms with E-state index in [1.54, 1.807) is 0 Å². The van der Waals surface area contributed by atoms with E-state index in [2.05, 4.69) is 13.5 Å². The van der Waals surface area contributed by atoms with Crippen molar-refractivity contribution in [3.8, 4) is 0 Å². The van der Waals surface area contributed by atoms with Gasteiger partial charge in [0.05, 0.1) is 13.2 Å². The molecule has 0 unspecified atom stereocenters. The number of hydrogen-bond acceptors (Lipinski definition) is 4. The predicted octanol–water partition coefficient (Wildman–Crippen LogP) is 8.47. The van der Waals surface area contributed by atoms with Gasteiger partial charge in [-0.05, 0) is 32.1 Å². The topological polar surface area (TPSA) is 52.6 Å². The fraction of sp³-hybridized carbons (Fsp3) is 0.857. The summed E-state index contributed by atoms with van der Waals surface area (Å²) in [6, 6.07) is 0. The van der Waals surface area contributed by atoms with Gasteiger partial charge in [-0.1, -0.05) is 103 Å². The molecule has 0 saturated heterocycles. The summed E-state index contributed by atoms with van der Waals surface area (Å²) in [5.74, 6) is -0.324. The van der Waals surface area contributed by atoms with Crippen molar-refractivity contribution >= 4 is 11.9 Å². The lowest BCUT2D eigenvalue weighted by Gasteiger charge is -2.06. The molecule has 0 bridgehead atoms.